The Morgan fingerprint density at radius 3 is 2.61 bits per heavy atom. The molecule has 2 N–H and O–H groups in total. The average molecular weight is 271 g/mol. The highest BCUT2D eigenvalue weighted by molar-refractivity contribution is 7.92. The highest BCUT2D eigenvalue weighted by atomic mass is 32.2. The van der Waals surface area contributed by atoms with Crippen LogP contribution in [0.1, 0.15) is 24.7 Å². The largest absolute Gasteiger partial charge is 0.317 e. The molecule has 0 spiro atoms. The lowest BCUT2D eigenvalue weighted by molar-refractivity contribution is 0.595. The zero-order valence-corrected chi connectivity index (χ0v) is 12.0. The van der Waals surface area contributed by atoms with Crippen molar-refractivity contribution in [3.63, 3.8) is 0 Å². The Labute approximate surface area is 109 Å². The summed E-state index contributed by atoms with van der Waals surface area (Å²) < 4.78 is 26.2. The highest BCUT2D eigenvalue weighted by Crippen LogP contribution is 2.14. The lowest BCUT2D eigenvalue weighted by Gasteiger charge is -2.10. The molecule has 0 aliphatic carbocycles. The van der Waals surface area contributed by atoms with E-state index in [1.54, 1.807) is 19.1 Å². The topological polar surface area (TPSA) is 71.1 Å². The Morgan fingerprint density at radius 1 is 1.28 bits per heavy atom. The summed E-state index contributed by atoms with van der Waals surface area (Å²) in [5.74, 6) is 0.118. The van der Waals surface area contributed by atoms with Crippen molar-refractivity contribution in [1.29, 1.82) is 0 Å². The Kier molecular flexibility index (Phi) is 5.55. The molecule has 0 saturated carbocycles. The van der Waals surface area contributed by atoms with Gasteiger partial charge >= 0.3 is 0 Å². The number of nitrogens with zero attached hydrogens (tertiary/aromatic N) is 1. The summed E-state index contributed by atoms with van der Waals surface area (Å²) in [6, 6.07) is 3.54. The molecule has 5 nitrogen and oxygen atoms in total. The Morgan fingerprint density at radius 2 is 2.00 bits per heavy atom. The van der Waals surface area contributed by atoms with Crippen LogP contribution in [-0.4, -0.2) is 32.2 Å². The first kappa shape index (κ1) is 14.9. The second kappa shape index (κ2) is 6.70. The Hall–Kier alpha value is -1.14. The van der Waals surface area contributed by atoms with Crippen LogP contribution in [0.2, 0.25) is 0 Å². The zero-order chi connectivity index (χ0) is 13.6. The highest BCUT2D eigenvalue weighted by Gasteiger charge is 2.11. The van der Waals surface area contributed by atoms with E-state index in [-0.39, 0.29) is 5.75 Å². The van der Waals surface area contributed by atoms with E-state index in [9.17, 15) is 8.42 Å². The second-order valence-corrected chi connectivity index (χ2v) is 6.06. The number of nitrogens with one attached hydrogen (secondary N) is 2. The fourth-order valence-corrected chi connectivity index (χ4v) is 2.75. The summed E-state index contributed by atoms with van der Waals surface area (Å²) in [5, 5.41) is 3.10. The van der Waals surface area contributed by atoms with E-state index < -0.39 is 10.0 Å². The monoisotopic (exact) mass is 271 g/mol. The predicted molar refractivity (Wildman–Crippen MR) is 74.3 cm³/mol. The van der Waals surface area contributed by atoms with Gasteiger partial charge in [0.15, 0.2) is 0 Å². The third-order valence-electron chi connectivity index (χ3n) is 2.51. The van der Waals surface area contributed by atoms with Crippen molar-refractivity contribution >= 4 is 15.7 Å². The van der Waals surface area contributed by atoms with Crippen molar-refractivity contribution < 1.29 is 8.42 Å². The number of aromatic nitrogens is 1. The average Bonchev–Trinajstić information content (AvgIpc) is 2.28. The molecule has 1 rings (SSSR count). The fraction of sp³-hybridized carbons (Fsp3) is 0.583. The van der Waals surface area contributed by atoms with Crippen molar-refractivity contribution in [3.05, 3.63) is 23.5 Å². The molecule has 1 aromatic rings. The van der Waals surface area contributed by atoms with Crippen LogP contribution < -0.4 is 10.0 Å². The number of sulfonamides is 1. The van der Waals surface area contributed by atoms with Crippen LogP contribution in [0.15, 0.2) is 12.1 Å². The summed E-state index contributed by atoms with van der Waals surface area (Å²) in [6.45, 7) is 7.23. The van der Waals surface area contributed by atoms with Gasteiger partial charge in [0, 0.05) is 5.69 Å². The number of pyridine rings is 1. The molecule has 0 aliphatic rings. The smallest absolute Gasteiger partial charge is 0.232 e. The van der Waals surface area contributed by atoms with Crippen LogP contribution in [0.25, 0.3) is 0 Å². The SMILES string of the molecule is CCNCCCS(=O)(=O)Nc1ccc(C)nc1C. The van der Waals surface area contributed by atoms with Crippen LogP contribution in [-0.2, 0) is 10.0 Å². The van der Waals surface area contributed by atoms with Gasteiger partial charge in [0.25, 0.3) is 0 Å². The molecular formula is C12H21N3O2S. The number of aryl methyl sites for hydroxylation is 2. The van der Waals surface area contributed by atoms with E-state index in [1.165, 1.54) is 0 Å². The van der Waals surface area contributed by atoms with E-state index in [2.05, 4.69) is 15.0 Å². The summed E-state index contributed by atoms with van der Waals surface area (Å²) >= 11 is 0. The van der Waals surface area contributed by atoms with Gasteiger partial charge in [0.2, 0.25) is 10.0 Å². The van der Waals surface area contributed by atoms with Gasteiger partial charge in [0.05, 0.1) is 17.1 Å². The molecule has 0 atom stereocenters. The molecule has 0 aliphatic heterocycles. The zero-order valence-electron chi connectivity index (χ0n) is 11.2. The maximum Gasteiger partial charge on any atom is 0.232 e. The van der Waals surface area contributed by atoms with Crippen LogP contribution in [0.3, 0.4) is 0 Å². The standard InChI is InChI=1S/C12H21N3O2S/c1-4-13-8-5-9-18(16,17)15-12-7-6-10(2)14-11(12)3/h6-7,13,15H,4-5,8-9H2,1-3H3. The molecule has 102 valence electrons. The van der Waals surface area contributed by atoms with Gasteiger partial charge in [-0.15, -0.1) is 0 Å². The Balaban J connectivity index is 2.59. The van der Waals surface area contributed by atoms with Gasteiger partial charge in [-0.05, 0) is 45.5 Å². The minimum atomic E-state index is -3.28. The third-order valence-corrected chi connectivity index (χ3v) is 3.86. The summed E-state index contributed by atoms with van der Waals surface area (Å²) in [7, 11) is -3.28. The van der Waals surface area contributed by atoms with Gasteiger partial charge in [-0.2, -0.15) is 0 Å². The van der Waals surface area contributed by atoms with E-state index >= 15 is 0 Å². The molecule has 0 radical (unpaired) electrons. The third kappa shape index (κ3) is 5.01. The van der Waals surface area contributed by atoms with E-state index in [1.807, 2.05) is 13.8 Å². The molecule has 0 fully saturated rings. The van der Waals surface area contributed by atoms with E-state index in [0.29, 0.717) is 24.3 Å². The van der Waals surface area contributed by atoms with Crippen molar-refractivity contribution in [2.75, 3.05) is 23.6 Å². The van der Waals surface area contributed by atoms with Crippen molar-refractivity contribution in [2.24, 2.45) is 0 Å². The molecule has 6 heteroatoms. The van der Waals surface area contributed by atoms with E-state index in [0.717, 1.165) is 12.2 Å². The summed E-state index contributed by atoms with van der Waals surface area (Å²) in [5.41, 5.74) is 2.14. The van der Waals surface area contributed by atoms with Crippen molar-refractivity contribution in [2.45, 2.75) is 27.2 Å². The maximum atomic E-state index is 11.8. The number of hydrogen-bond donors (Lipinski definition) is 2. The lowest BCUT2D eigenvalue weighted by atomic mass is 10.3. The molecule has 0 amide bonds. The van der Waals surface area contributed by atoms with Crippen LogP contribution in [0.5, 0.6) is 0 Å². The van der Waals surface area contributed by atoms with Crippen LogP contribution in [0.4, 0.5) is 5.69 Å². The molecule has 0 saturated heterocycles. The minimum absolute atomic E-state index is 0.118. The van der Waals surface area contributed by atoms with Gasteiger partial charge in [-0.3, -0.25) is 9.71 Å². The molecule has 0 unspecified atom stereocenters. The van der Waals surface area contributed by atoms with Crippen LogP contribution in [0, 0.1) is 13.8 Å². The van der Waals surface area contributed by atoms with Crippen LogP contribution >= 0.6 is 0 Å². The van der Waals surface area contributed by atoms with Gasteiger partial charge < -0.3 is 5.32 Å². The Bertz CT molecular complexity index is 486. The number of hydrogen-bond acceptors (Lipinski definition) is 4. The number of rotatable bonds is 7. The van der Waals surface area contributed by atoms with E-state index in [4.69, 9.17) is 0 Å². The predicted octanol–water partition coefficient (Wildman–Crippen LogP) is 1.44. The lowest BCUT2D eigenvalue weighted by Crippen LogP contribution is -2.22. The number of anilines is 1. The maximum absolute atomic E-state index is 11.8. The fourth-order valence-electron chi connectivity index (χ4n) is 1.58. The second-order valence-electron chi connectivity index (χ2n) is 4.21. The van der Waals surface area contributed by atoms with Gasteiger partial charge in [-0.1, -0.05) is 6.92 Å². The van der Waals surface area contributed by atoms with Crippen molar-refractivity contribution in [3.8, 4) is 0 Å². The first-order valence-electron chi connectivity index (χ1n) is 6.10. The molecule has 18 heavy (non-hydrogen) atoms. The van der Waals surface area contributed by atoms with Gasteiger partial charge in [0.1, 0.15) is 0 Å². The first-order valence-corrected chi connectivity index (χ1v) is 7.75. The minimum Gasteiger partial charge on any atom is -0.317 e. The quantitative estimate of drug-likeness (QED) is 0.736. The van der Waals surface area contributed by atoms with Gasteiger partial charge in [-0.25, -0.2) is 8.42 Å². The molecule has 0 bridgehead atoms. The summed E-state index contributed by atoms with van der Waals surface area (Å²) in [6.07, 6.45) is 0.599. The molecular weight excluding hydrogens is 250 g/mol. The normalized spacial score (nSPS) is 11.5. The van der Waals surface area contributed by atoms with Crippen molar-refractivity contribution in [1.82, 2.24) is 10.3 Å². The first-order chi connectivity index (χ1) is 8.44. The molecule has 1 aromatic heterocycles. The summed E-state index contributed by atoms with van der Waals surface area (Å²) in [4.78, 5) is 4.23. The molecule has 1 heterocycles. The molecule has 0 aromatic carbocycles.